The number of nitrogens with one attached hydrogen (secondary N) is 1. The standard InChI is InChI=1S/C18H27F2N3O2/c1-23-11-14(17(19)20)15(12-23)18(24)21-10-16(22-25-2)13-8-6-4-3-5-7-9-13/h11-13,17H,3-10H2,1-2H3,(H,21,24)/b22-16-. The molecule has 0 unspecified atom stereocenters. The van der Waals surface area contributed by atoms with Gasteiger partial charge in [0.2, 0.25) is 0 Å². The first-order valence-electron chi connectivity index (χ1n) is 8.85. The number of hydrogen-bond donors (Lipinski definition) is 1. The zero-order valence-corrected chi connectivity index (χ0v) is 14.9. The van der Waals surface area contributed by atoms with E-state index in [0.717, 1.165) is 31.4 Å². The Morgan fingerprint density at radius 1 is 1.28 bits per heavy atom. The molecule has 1 aliphatic carbocycles. The Kier molecular flexibility index (Phi) is 7.40. The molecule has 0 bridgehead atoms. The molecule has 1 aliphatic rings. The van der Waals surface area contributed by atoms with Crippen LogP contribution < -0.4 is 5.32 Å². The lowest BCUT2D eigenvalue weighted by Crippen LogP contribution is -2.34. The van der Waals surface area contributed by atoms with E-state index in [4.69, 9.17) is 4.84 Å². The fraction of sp³-hybridized carbons (Fsp3) is 0.667. The van der Waals surface area contributed by atoms with Gasteiger partial charge in [-0.1, -0.05) is 37.3 Å². The summed E-state index contributed by atoms with van der Waals surface area (Å²) in [5, 5.41) is 6.83. The quantitative estimate of drug-likeness (QED) is 0.618. The molecule has 140 valence electrons. The number of halogens is 2. The summed E-state index contributed by atoms with van der Waals surface area (Å²) in [6, 6.07) is 0. The minimum absolute atomic E-state index is 0.00642. The van der Waals surface area contributed by atoms with E-state index in [0.29, 0.717) is 0 Å². The summed E-state index contributed by atoms with van der Waals surface area (Å²) in [5.41, 5.74) is 0.537. The normalized spacial score (nSPS) is 17.2. The summed E-state index contributed by atoms with van der Waals surface area (Å²) < 4.78 is 27.6. The molecule has 1 saturated carbocycles. The second-order valence-corrected chi connectivity index (χ2v) is 6.58. The largest absolute Gasteiger partial charge is 0.399 e. The predicted molar refractivity (Wildman–Crippen MR) is 93.0 cm³/mol. The molecular weight excluding hydrogens is 328 g/mol. The van der Waals surface area contributed by atoms with E-state index < -0.39 is 12.3 Å². The number of alkyl halides is 2. The van der Waals surface area contributed by atoms with Gasteiger partial charge in [-0.05, 0) is 12.8 Å². The van der Waals surface area contributed by atoms with Gasteiger partial charge in [0.05, 0.1) is 17.8 Å². The molecule has 1 N–H and O–H groups in total. The van der Waals surface area contributed by atoms with Gasteiger partial charge in [-0.25, -0.2) is 8.78 Å². The molecule has 1 fully saturated rings. The summed E-state index contributed by atoms with van der Waals surface area (Å²) in [5.74, 6) is -0.239. The Hall–Kier alpha value is -1.92. The summed E-state index contributed by atoms with van der Waals surface area (Å²) in [7, 11) is 3.10. The maximum atomic E-state index is 13.1. The summed E-state index contributed by atoms with van der Waals surface area (Å²) >= 11 is 0. The van der Waals surface area contributed by atoms with Crippen LogP contribution in [0, 0.1) is 5.92 Å². The van der Waals surface area contributed by atoms with E-state index >= 15 is 0 Å². The molecule has 0 radical (unpaired) electrons. The number of amides is 1. The Balaban J connectivity index is 2.03. The number of rotatable bonds is 6. The van der Waals surface area contributed by atoms with Crippen molar-refractivity contribution in [2.75, 3.05) is 13.7 Å². The van der Waals surface area contributed by atoms with Gasteiger partial charge in [0.15, 0.2) is 0 Å². The van der Waals surface area contributed by atoms with E-state index in [-0.39, 0.29) is 23.6 Å². The first kappa shape index (κ1) is 19.4. The van der Waals surface area contributed by atoms with Crippen LogP contribution in [0.4, 0.5) is 8.78 Å². The molecule has 7 heteroatoms. The highest BCUT2D eigenvalue weighted by atomic mass is 19.3. The van der Waals surface area contributed by atoms with E-state index in [1.165, 1.54) is 43.3 Å². The molecule has 1 aromatic heterocycles. The van der Waals surface area contributed by atoms with Gasteiger partial charge in [0.1, 0.15) is 7.11 Å². The van der Waals surface area contributed by atoms with Crippen molar-refractivity contribution in [3.63, 3.8) is 0 Å². The van der Waals surface area contributed by atoms with Gasteiger partial charge < -0.3 is 14.7 Å². The van der Waals surface area contributed by atoms with Crippen LogP contribution in [0.5, 0.6) is 0 Å². The lowest BCUT2D eigenvalue weighted by molar-refractivity contribution is 0.0945. The molecule has 2 rings (SSSR count). The summed E-state index contributed by atoms with van der Waals surface area (Å²) in [6.45, 7) is 0.217. The third kappa shape index (κ3) is 5.54. The molecule has 0 spiro atoms. The average molecular weight is 355 g/mol. The first-order valence-corrected chi connectivity index (χ1v) is 8.85. The smallest absolute Gasteiger partial charge is 0.266 e. The molecule has 1 heterocycles. The Morgan fingerprint density at radius 2 is 1.92 bits per heavy atom. The third-order valence-electron chi connectivity index (χ3n) is 4.68. The van der Waals surface area contributed by atoms with Crippen molar-refractivity contribution in [3.05, 3.63) is 23.5 Å². The molecule has 0 aromatic carbocycles. The Morgan fingerprint density at radius 3 is 2.52 bits per heavy atom. The number of oxime groups is 1. The van der Waals surface area contributed by atoms with Crippen molar-refractivity contribution in [1.29, 1.82) is 0 Å². The average Bonchev–Trinajstić information content (AvgIpc) is 2.93. The van der Waals surface area contributed by atoms with E-state index in [2.05, 4.69) is 10.5 Å². The van der Waals surface area contributed by atoms with Crippen LogP contribution in [-0.2, 0) is 11.9 Å². The Bertz CT molecular complexity index is 591. The number of aromatic nitrogens is 1. The zero-order chi connectivity index (χ0) is 18.2. The van der Waals surface area contributed by atoms with Crippen LogP contribution >= 0.6 is 0 Å². The van der Waals surface area contributed by atoms with E-state index in [1.807, 2.05) is 0 Å². The maximum absolute atomic E-state index is 13.1. The fourth-order valence-electron chi connectivity index (χ4n) is 3.39. The second kappa shape index (κ2) is 9.53. The van der Waals surface area contributed by atoms with Crippen molar-refractivity contribution < 1.29 is 18.4 Å². The van der Waals surface area contributed by atoms with Gasteiger partial charge in [-0.3, -0.25) is 4.79 Å². The van der Waals surface area contributed by atoms with Crippen molar-refractivity contribution in [3.8, 4) is 0 Å². The van der Waals surface area contributed by atoms with Crippen molar-refractivity contribution in [1.82, 2.24) is 9.88 Å². The minimum Gasteiger partial charge on any atom is -0.399 e. The maximum Gasteiger partial charge on any atom is 0.266 e. The highest BCUT2D eigenvalue weighted by Gasteiger charge is 2.23. The van der Waals surface area contributed by atoms with Crippen LogP contribution in [0.3, 0.4) is 0 Å². The number of hydrogen-bond acceptors (Lipinski definition) is 3. The monoisotopic (exact) mass is 355 g/mol. The highest BCUT2D eigenvalue weighted by molar-refractivity contribution is 5.99. The lowest BCUT2D eigenvalue weighted by Gasteiger charge is -2.21. The Labute approximate surface area is 147 Å². The van der Waals surface area contributed by atoms with Crippen LogP contribution in [0.1, 0.15) is 67.3 Å². The minimum atomic E-state index is -2.68. The van der Waals surface area contributed by atoms with Gasteiger partial charge in [-0.15, -0.1) is 0 Å². The van der Waals surface area contributed by atoms with Crippen LogP contribution in [0.2, 0.25) is 0 Å². The molecule has 0 atom stereocenters. The van der Waals surface area contributed by atoms with Crippen molar-refractivity contribution in [2.24, 2.45) is 18.1 Å². The van der Waals surface area contributed by atoms with Crippen LogP contribution in [0.25, 0.3) is 0 Å². The lowest BCUT2D eigenvalue weighted by atomic mass is 9.87. The zero-order valence-electron chi connectivity index (χ0n) is 14.9. The SMILES string of the molecule is CO/N=C(/CNC(=O)c1cn(C)cc1C(F)F)C1CCCCCCC1. The van der Waals surface area contributed by atoms with Crippen molar-refractivity contribution >= 4 is 11.6 Å². The van der Waals surface area contributed by atoms with Gasteiger partial charge >= 0.3 is 0 Å². The van der Waals surface area contributed by atoms with Gasteiger partial charge in [0.25, 0.3) is 12.3 Å². The first-order chi connectivity index (χ1) is 12.0. The molecule has 25 heavy (non-hydrogen) atoms. The summed E-state index contributed by atoms with van der Waals surface area (Å²) in [6.07, 6.45) is 8.01. The van der Waals surface area contributed by atoms with Gasteiger partial charge in [-0.2, -0.15) is 0 Å². The van der Waals surface area contributed by atoms with E-state index in [9.17, 15) is 13.6 Å². The number of aryl methyl sites for hydroxylation is 1. The van der Waals surface area contributed by atoms with Crippen molar-refractivity contribution in [2.45, 2.75) is 51.4 Å². The molecular formula is C18H27F2N3O2. The predicted octanol–water partition coefficient (Wildman–Crippen LogP) is 4.06. The highest BCUT2D eigenvalue weighted by Crippen LogP contribution is 2.25. The summed E-state index contributed by atoms with van der Waals surface area (Å²) in [4.78, 5) is 17.3. The van der Waals surface area contributed by atoms with Crippen LogP contribution in [-0.4, -0.2) is 29.8 Å². The molecule has 1 aromatic rings. The second-order valence-electron chi connectivity index (χ2n) is 6.58. The number of carbonyl (C=O) groups is 1. The number of nitrogens with zero attached hydrogens (tertiary/aromatic N) is 2. The van der Waals surface area contributed by atoms with Crippen LogP contribution in [0.15, 0.2) is 17.5 Å². The molecule has 0 aliphatic heterocycles. The fourth-order valence-corrected chi connectivity index (χ4v) is 3.39. The van der Waals surface area contributed by atoms with E-state index in [1.54, 1.807) is 7.05 Å². The molecule has 5 nitrogen and oxygen atoms in total. The molecule has 1 amide bonds. The van der Waals surface area contributed by atoms with Gasteiger partial charge in [0, 0.05) is 30.9 Å². The third-order valence-corrected chi connectivity index (χ3v) is 4.68. The number of carbonyl (C=O) groups excluding carboxylic acids is 1. The topological polar surface area (TPSA) is 55.6 Å². The molecule has 0 saturated heterocycles.